The Hall–Kier alpha value is -2.68. The second-order valence-corrected chi connectivity index (χ2v) is 6.94. The highest BCUT2D eigenvalue weighted by molar-refractivity contribution is 5.77. The van der Waals surface area contributed by atoms with Crippen molar-refractivity contribution in [2.45, 2.75) is 38.8 Å². The highest BCUT2D eigenvalue weighted by Crippen LogP contribution is 2.22. The van der Waals surface area contributed by atoms with Crippen molar-refractivity contribution in [2.24, 2.45) is 0 Å². The van der Waals surface area contributed by atoms with Gasteiger partial charge >= 0.3 is 5.76 Å². The van der Waals surface area contributed by atoms with Gasteiger partial charge in [-0.3, -0.25) is 19.5 Å². The summed E-state index contributed by atoms with van der Waals surface area (Å²) in [5.41, 5.74) is 0.181. The van der Waals surface area contributed by atoms with Gasteiger partial charge in [0.05, 0.1) is 35.3 Å². The van der Waals surface area contributed by atoms with Crippen LogP contribution in [0.2, 0.25) is 0 Å². The van der Waals surface area contributed by atoms with E-state index in [1.165, 1.54) is 22.8 Å². The molecule has 1 amide bonds. The Balaban J connectivity index is 1.68. The van der Waals surface area contributed by atoms with Crippen LogP contribution in [-0.2, 0) is 16.1 Å². The summed E-state index contributed by atoms with van der Waals surface area (Å²) in [7, 11) is 0. The number of aryl methyl sites for hydroxylation is 1. The number of amides is 1. The van der Waals surface area contributed by atoms with Crippen LogP contribution in [0, 0.1) is 10.1 Å². The number of benzene rings is 1. The van der Waals surface area contributed by atoms with E-state index in [-0.39, 0.29) is 22.7 Å². The summed E-state index contributed by atoms with van der Waals surface area (Å²) in [5.74, 6) is -0.561. The van der Waals surface area contributed by atoms with Gasteiger partial charge in [-0.25, -0.2) is 4.79 Å². The molecule has 0 saturated carbocycles. The van der Waals surface area contributed by atoms with Crippen molar-refractivity contribution in [1.29, 1.82) is 0 Å². The second kappa shape index (κ2) is 6.91. The third-order valence-electron chi connectivity index (χ3n) is 4.58. The highest BCUT2D eigenvalue weighted by atomic mass is 16.6. The average Bonchev–Trinajstić information content (AvgIpc) is 2.89. The summed E-state index contributed by atoms with van der Waals surface area (Å²) in [4.78, 5) is 36.6. The maximum absolute atomic E-state index is 12.5. The van der Waals surface area contributed by atoms with Crippen LogP contribution < -0.4 is 5.76 Å². The van der Waals surface area contributed by atoms with Gasteiger partial charge < -0.3 is 14.1 Å². The predicted octanol–water partition coefficient (Wildman–Crippen LogP) is 1.92. The summed E-state index contributed by atoms with van der Waals surface area (Å²) in [5, 5.41) is 10.8. The third kappa shape index (κ3) is 3.48. The number of hydrogen-bond donors (Lipinski definition) is 0. The van der Waals surface area contributed by atoms with E-state index in [1.807, 2.05) is 18.7 Å². The standard InChI is InChI=1S/C17H21N3O6/c1-17(2)11-25-9-8-19(17)15(21)4-3-7-18-13-6-5-12(20(23)24)10-14(13)26-16(18)22/h5-6,10H,3-4,7-9,11H2,1-2H3. The van der Waals surface area contributed by atoms with E-state index in [9.17, 15) is 19.7 Å². The van der Waals surface area contributed by atoms with Crippen molar-refractivity contribution < 1.29 is 18.9 Å². The Labute approximate surface area is 149 Å². The molecule has 9 heteroatoms. The number of carbonyl (C=O) groups is 1. The Kier molecular flexibility index (Phi) is 4.82. The lowest BCUT2D eigenvalue weighted by atomic mass is 10.0. The zero-order valence-electron chi connectivity index (χ0n) is 14.8. The van der Waals surface area contributed by atoms with Gasteiger partial charge in [0, 0.05) is 25.6 Å². The number of oxazole rings is 1. The van der Waals surface area contributed by atoms with Gasteiger partial charge in [-0.1, -0.05) is 0 Å². The monoisotopic (exact) mass is 363 g/mol. The van der Waals surface area contributed by atoms with Crippen molar-refractivity contribution in [3.8, 4) is 0 Å². The van der Waals surface area contributed by atoms with E-state index >= 15 is 0 Å². The predicted molar refractivity (Wildman–Crippen MR) is 93.0 cm³/mol. The fourth-order valence-electron chi connectivity index (χ4n) is 3.22. The molecular weight excluding hydrogens is 342 g/mol. The molecule has 1 aliphatic heterocycles. The first-order valence-corrected chi connectivity index (χ1v) is 8.45. The normalized spacial score (nSPS) is 16.8. The molecule has 26 heavy (non-hydrogen) atoms. The first kappa shape index (κ1) is 18.1. The Bertz CT molecular complexity index is 898. The van der Waals surface area contributed by atoms with Gasteiger partial charge in [0.15, 0.2) is 5.58 Å². The minimum absolute atomic E-state index is 0.0230. The van der Waals surface area contributed by atoms with Crippen molar-refractivity contribution in [3.63, 3.8) is 0 Å². The van der Waals surface area contributed by atoms with E-state index in [4.69, 9.17) is 9.15 Å². The van der Waals surface area contributed by atoms with Crippen molar-refractivity contribution in [1.82, 2.24) is 9.47 Å². The number of morpholine rings is 1. The molecule has 0 unspecified atom stereocenters. The fourth-order valence-corrected chi connectivity index (χ4v) is 3.22. The molecule has 0 bridgehead atoms. The lowest BCUT2D eigenvalue weighted by Crippen LogP contribution is -2.55. The lowest BCUT2D eigenvalue weighted by Gasteiger charge is -2.42. The molecule has 0 aliphatic carbocycles. The minimum atomic E-state index is -0.584. The SMILES string of the molecule is CC1(C)COCCN1C(=O)CCCn1c(=O)oc2cc([N+](=O)[O-])ccc21. The van der Waals surface area contributed by atoms with Crippen LogP contribution in [0.5, 0.6) is 0 Å². The number of hydrogen-bond acceptors (Lipinski definition) is 6. The van der Waals surface area contributed by atoms with Gasteiger partial charge in [-0.05, 0) is 26.3 Å². The largest absolute Gasteiger partial charge is 0.419 e. The number of non-ortho nitro benzene ring substituents is 1. The molecule has 1 saturated heterocycles. The molecular formula is C17H21N3O6. The zero-order chi connectivity index (χ0) is 18.9. The topological polar surface area (TPSA) is 108 Å². The number of nitro benzene ring substituents is 1. The van der Waals surface area contributed by atoms with Crippen LogP contribution in [-0.4, -0.2) is 45.6 Å². The number of carbonyl (C=O) groups excluding carboxylic acids is 1. The number of fused-ring (bicyclic) bond motifs is 1. The molecule has 0 radical (unpaired) electrons. The molecule has 1 aliphatic rings. The number of rotatable bonds is 5. The zero-order valence-corrected chi connectivity index (χ0v) is 14.8. The van der Waals surface area contributed by atoms with Gasteiger partial charge in [-0.15, -0.1) is 0 Å². The van der Waals surface area contributed by atoms with Crippen LogP contribution in [0.1, 0.15) is 26.7 Å². The van der Waals surface area contributed by atoms with Gasteiger partial charge in [0.2, 0.25) is 5.91 Å². The van der Waals surface area contributed by atoms with Gasteiger partial charge in [-0.2, -0.15) is 0 Å². The van der Waals surface area contributed by atoms with E-state index in [0.29, 0.717) is 44.7 Å². The molecule has 2 aromatic rings. The molecule has 0 N–H and O–H groups in total. The maximum Gasteiger partial charge on any atom is 0.419 e. The van der Waals surface area contributed by atoms with E-state index < -0.39 is 10.7 Å². The molecule has 9 nitrogen and oxygen atoms in total. The summed E-state index contributed by atoms with van der Waals surface area (Å²) >= 11 is 0. The average molecular weight is 363 g/mol. The molecule has 1 fully saturated rings. The summed E-state index contributed by atoms with van der Waals surface area (Å²) in [6, 6.07) is 4.05. The van der Waals surface area contributed by atoms with Crippen LogP contribution in [0.15, 0.2) is 27.4 Å². The molecule has 0 atom stereocenters. The third-order valence-corrected chi connectivity index (χ3v) is 4.58. The Morgan fingerprint density at radius 2 is 2.15 bits per heavy atom. The summed E-state index contributed by atoms with van der Waals surface area (Å²) in [6.45, 7) is 5.82. The van der Waals surface area contributed by atoms with Crippen molar-refractivity contribution in [3.05, 3.63) is 38.9 Å². The molecule has 1 aromatic carbocycles. The fraction of sp³-hybridized carbons (Fsp3) is 0.529. The van der Waals surface area contributed by atoms with Crippen LogP contribution >= 0.6 is 0 Å². The number of nitro groups is 1. The summed E-state index contributed by atoms with van der Waals surface area (Å²) in [6.07, 6.45) is 0.771. The molecule has 3 rings (SSSR count). The number of ether oxygens (including phenoxy) is 1. The molecule has 1 aromatic heterocycles. The smallest absolute Gasteiger partial charge is 0.407 e. The van der Waals surface area contributed by atoms with Crippen LogP contribution in [0.3, 0.4) is 0 Å². The second-order valence-electron chi connectivity index (χ2n) is 6.94. The first-order chi connectivity index (χ1) is 12.3. The van der Waals surface area contributed by atoms with Gasteiger partial charge in [0.1, 0.15) is 0 Å². The molecule has 0 spiro atoms. The quantitative estimate of drug-likeness (QED) is 0.593. The minimum Gasteiger partial charge on any atom is -0.407 e. The molecule has 140 valence electrons. The van der Waals surface area contributed by atoms with Crippen molar-refractivity contribution in [2.75, 3.05) is 19.8 Å². The Morgan fingerprint density at radius 3 is 2.85 bits per heavy atom. The lowest BCUT2D eigenvalue weighted by molar-refractivity contribution is -0.384. The van der Waals surface area contributed by atoms with Crippen LogP contribution in [0.4, 0.5) is 5.69 Å². The first-order valence-electron chi connectivity index (χ1n) is 8.45. The highest BCUT2D eigenvalue weighted by Gasteiger charge is 2.33. The Morgan fingerprint density at radius 1 is 1.38 bits per heavy atom. The maximum atomic E-state index is 12.5. The number of nitrogens with zero attached hydrogens (tertiary/aromatic N) is 3. The molecule has 2 heterocycles. The summed E-state index contributed by atoms with van der Waals surface area (Å²) < 4.78 is 11.9. The van der Waals surface area contributed by atoms with Crippen molar-refractivity contribution >= 4 is 22.7 Å². The number of aromatic nitrogens is 1. The van der Waals surface area contributed by atoms with Crippen LogP contribution in [0.25, 0.3) is 11.1 Å². The van der Waals surface area contributed by atoms with Gasteiger partial charge in [0.25, 0.3) is 5.69 Å². The van der Waals surface area contributed by atoms with E-state index in [2.05, 4.69) is 0 Å². The van der Waals surface area contributed by atoms with E-state index in [0.717, 1.165) is 0 Å². The van der Waals surface area contributed by atoms with E-state index in [1.54, 1.807) is 0 Å².